The van der Waals surface area contributed by atoms with Gasteiger partial charge >= 0.3 is 0 Å². The Kier molecular flexibility index (Phi) is 6.58. The molecule has 0 aliphatic carbocycles. The quantitative estimate of drug-likeness (QED) is 0.316. The summed E-state index contributed by atoms with van der Waals surface area (Å²) in [6, 6.07) is 8.72. The van der Waals surface area contributed by atoms with Crippen molar-refractivity contribution in [3.05, 3.63) is 81.5 Å². The Balaban J connectivity index is 1.59. The summed E-state index contributed by atoms with van der Waals surface area (Å²) in [6.07, 6.45) is -1.16. The number of rotatable bonds is 6. The van der Waals surface area contributed by atoms with Crippen LogP contribution in [0.2, 0.25) is 10.0 Å². The summed E-state index contributed by atoms with van der Waals surface area (Å²) in [6.45, 7) is -1.44. The second-order valence-corrected chi connectivity index (χ2v) is 8.28. The number of hydrogen-bond donors (Lipinski definition) is 3. The van der Waals surface area contributed by atoms with Crippen molar-refractivity contribution in [1.29, 1.82) is 0 Å². The fourth-order valence-corrected chi connectivity index (χ4v) is 3.81. The highest BCUT2D eigenvalue weighted by Gasteiger charge is 2.41. The molecule has 0 saturated heterocycles. The molecular formula is C22H15Cl2F4N5O2. The SMILES string of the molecule is Nc1nc2cc(-c3ccc(Cl)c(C(=O)NCC(F)(F)C(O)c4cccc(Cl)c4F)c3F)ccn2n1. The average Bonchev–Trinajstić information content (AvgIpc) is 3.18. The first kappa shape index (κ1) is 24.7. The molecule has 1 amide bonds. The van der Waals surface area contributed by atoms with E-state index in [0.29, 0.717) is 11.2 Å². The molecule has 7 nitrogen and oxygen atoms in total. The van der Waals surface area contributed by atoms with Crippen LogP contribution in [-0.4, -0.2) is 38.1 Å². The molecule has 0 bridgehead atoms. The largest absolute Gasteiger partial charge is 0.382 e. The highest BCUT2D eigenvalue weighted by atomic mass is 35.5. The van der Waals surface area contributed by atoms with Crippen LogP contribution in [0.3, 0.4) is 0 Å². The minimum absolute atomic E-state index is 0.000402. The van der Waals surface area contributed by atoms with E-state index in [-0.39, 0.29) is 16.5 Å². The van der Waals surface area contributed by atoms with Gasteiger partial charge < -0.3 is 16.2 Å². The van der Waals surface area contributed by atoms with Crippen LogP contribution in [0, 0.1) is 11.6 Å². The predicted molar refractivity (Wildman–Crippen MR) is 121 cm³/mol. The van der Waals surface area contributed by atoms with Gasteiger partial charge in [-0.15, -0.1) is 5.10 Å². The number of amides is 1. The summed E-state index contributed by atoms with van der Waals surface area (Å²) >= 11 is 11.6. The zero-order chi connectivity index (χ0) is 25.5. The second kappa shape index (κ2) is 9.33. The number of nitrogen functional groups attached to an aromatic ring is 1. The van der Waals surface area contributed by atoms with Crippen LogP contribution < -0.4 is 11.1 Å². The van der Waals surface area contributed by atoms with Crippen molar-refractivity contribution in [2.45, 2.75) is 12.0 Å². The first-order valence-corrected chi connectivity index (χ1v) is 10.6. The smallest absolute Gasteiger partial charge is 0.294 e. The van der Waals surface area contributed by atoms with Crippen molar-refractivity contribution in [1.82, 2.24) is 19.9 Å². The minimum Gasteiger partial charge on any atom is -0.382 e. The number of halogens is 6. The number of nitrogens with zero attached hydrogens (tertiary/aromatic N) is 3. The third-order valence-electron chi connectivity index (χ3n) is 5.14. The number of alkyl halides is 2. The number of carbonyl (C=O) groups is 1. The molecule has 0 spiro atoms. The zero-order valence-electron chi connectivity index (χ0n) is 17.4. The average molecular weight is 528 g/mol. The monoisotopic (exact) mass is 527 g/mol. The molecule has 0 radical (unpaired) electrons. The number of nitrogens with two attached hydrogens (primary N) is 1. The summed E-state index contributed by atoms with van der Waals surface area (Å²) in [4.78, 5) is 16.6. The fraction of sp³-hybridized carbons (Fsp3) is 0.136. The highest BCUT2D eigenvalue weighted by Crippen LogP contribution is 2.35. The lowest BCUT2D eigenvalue weighted by molar-refractivity contribution is -0.107. The number of anilines is 1. The van der Waals surface area contributed by atoms with E-state index >= 15 is 4.39 Å². The Bertz CT molecular complexity index is 1450. The molecule has 35 heavy (non-hydrogen) atoms. The van der Waals surface area contributed by atoms with E-state index in [2.05, 4.69) is 10.1 Å². The van der Waals surface area contributed by atoms with Crippen LogP contribution in [0.4, 0.5) is 23.5 Å². The molecule has 13 heteroatoms. The van der Waals surface area contributed by atoms with Gasteiger partial charge in [0.15, 0.2) is 5.65 Å². The molecule has 0 saturated carbocycles. The lowest BCUT2D eigenvalue weighted by Gasteiger charge is -2.24. The summed E-state index contributed by atoms with van der Waals surface area (Å²) in [5, 5.41) is 15.0. The van der Waals surface area contributed by atoms with Gasteiger partial charge in [-0.1, -0.05) is 35.3 Å². The second-order valence-electron chi connectivity index (χ2n) is 7.46. The number of fused-ring (bicyclic) bond motifs is 1. The summed E-state index contributed by atoms with van der Waals surface area (Å²) in [7, 11) is 0. The molecule has 1 unspecified atom stereocenters. The van der Waals surface area contributed by atoms with E-state index in [1.54, 1.807) is 0 Å². The third kappa shape index (κ3) is 4.75. The summed E-state index contributed by atoms with van der Waals surface area (Å²) < 4.78 is 59.8. The Morgan fingerprint density at radius 2 is 1.89 bits per heavy atom. The zero-order valence-corrected chi connectivity index (χ0v) is 19.0. The van der Waals surface area contributed by atoms with Gasteiger partial charge in [-0.25, -0.2) is 22.1 Å². The van der Waals surface area contributed by atoms with Gasteiger partial charge in [0.1, 0.15) is 17.7 Å². The van der Waals surface area contributed by atoms with E-state index in [1.165, 1.54) is 41.0 Å². The maximum absolute atomic E-state index is 15.3. The van der Waals surface area contributed by atoms with Gasteiger partial charge in [-0.3, -0.25) is 4.79 Å². The number of benzene rings is 2. The van der Waals surface area contributed by atoms with Crippen LogP contribution in [0.15, 0.2) is 48.7 Å². The standard InChI is InChI=1S/C22H15Cl2F4N5O2/c23-13-5-4-11(10-6-7-33-15(8-10)31-21(29)32-33)18(26)16(13)20(35)30-9-22(27,28)19(34)12-2-1-3-14(24)17(12)25/h1-8,19,34H,9H2,(H2,29,32)(H,30,35). The van der Waals surface area contributed by atoms with Gasteiger partial charge in [0.05, 0.1) is 22.2 Å². The Labute approximate surface area is 205 Å². The molecule has 0 aliphatic rings. The molecule has 2 aromatic carbocycles. The van der Waals surface area contributed by atoms with Gasteiger partial charge in [0.2, 0.25) is 5.95 Å². The fourth-order valence-electron chi connectivity index (χ4n) is 3.39. The molecule has 4 N–H and O–H groups in total. The van der Waals surface area contributed by atoms with E-state index in [1.807, 2.05) is 5.32 Å². The number of aliphatic hydroxyl groups is 1. The van der Waals surface area contributed by atoms with Crippen LogP contribution >= 0.6 is 23.2 Å². The maximum atomic E-state index is 15.3. The lowest BCUT2D eigenvalue weighted by atomic mass is 10.0. The van der Waals surface area contributed by atoms with Crippen molar-refractivity contribution in [3.8, 4) is 11.1 Å². The first-order chi connectivity index (χ1) is 16.5. The Morgan fingerprint density at radius 3 is 2.63 bits per heavy atom. The van der Waals surface area contributed by atoms with Crippen LogP contribution in [-0.2, 0) is 0 Å². The third-order valence-corrected chi connectivity index (χ3v) is 5.75. The van der Waals surface area contributed by atoms with Gasteiger partial charge in [0.25, 0.3) is 11.8 Å². The van der Waals surface area contributed by atoms with Crippen molar-refractivity contribution >= 4 is 40.7 Å². The van der Waals surface area contributed by atoms with E-state index in [0.717, 1.165) is 12.1 Å². The first-order valence-electron chi connectivity index (χ1n) is 9.88. The molecule has 4 rings (SSSR count). The Morgan fingerprint density at radius 1 is 1.14 bits per heavy atom. The van der Waals surface area contributed by atoms with Crippen LogP contribution in [0.25, 0.3) is 16.8 Å². The molecule has 2 heterocycles. The van der Waals surface area contributed by atoms with E-state index in [9.17, 15) is 23.1 Å². The van der Waals surface area contributed by atoms with E-state index in [4.69, 9.17) is 28.9 Å². The summed E-state index contributed by atoms with van der Waals surface area (Å²) in [5.41, 5.74) is 4.64. The molecule has 1 atom stereocenters. The molecule has 182 valence electrons. The van der Waals surface area contributed by atoms with Gasteiger partial charge in [-0.2, -0.15) is 4.98 Å². The molecule has 4 aromatic rings. The predicted octanol–water partition coefficient (Wildman–Crippen LogP) is 4.66. The van der Waals surface area contributed by atoms with Gasteiger partial charge in [-0.05, 0) is 35.9 Å². The van der Waals surface area contributed by atoms with Crippen molar-refractivity contribution < 1.29 is 27.5 Å². The van der Waals surface area contributed by atoms with Crippen LogP contribution in [0.1, 0.15) is 22.0 Å². The number of carbonyl (C=O) groups excluding carboxylic acids is 1. The maximum Gasteiger partial charge on any atom is 0.294 e. The van der Waals surface area contributed by atoms with Crippen molar-refractivity contribution in [2.75, 3.05) is 12.3 Å². The number of pyridine rings is 1. The lowest BCUT2D eigenvalue weighted by Crippen LogP contribution is -2.41. The highest BCUT2D eigenvalue weighted by molar-refractivity contribution is 6.34. The minimum atomic E-state index is -4.03. The van der Waals surface area contributed by atoms with Crippen LogP contribution in [0.5, 0.6) is 0 Å². The topological polar surface area (TPSA) is 106 Å². The van der Waals surface area contributed by atoms with Crippen molar-refractivity contribution in [3.63, 3.8) is 0 Å². The Hall–Kier alpha value is -3.41. The number of hydrogen-bond acceptors (Lipinski definition) is 5. The van der Waals surface area contributed by atoms with E-state index < -0.39 is 52.3 Å². The molecule has 0 fully saturated rings. The molecule has 2 aromatic heterocycles. The molecule has 0 aliphatic heterocycles. The van der Waals surface area contributed by atoms with Crippen molar-refractivity contribution in [2.24, 2.45) is 0 Å². The number of aromatic nitrogens is 3. The molecular weight excluding hydrogens is 513 g/mol. The van der Waals surface area contributed by atoms with Gasteiger partial charge in [0, 0.05) is 17.3 Å². The summed E-state index contributed by atoms with van der Waals surface area (Å²) in [5.74, 6) is -7.59. The normalized spacial score (nSPS) is 12.7. The number of nitrogens with one attached hydrogen (secondary N) is 1. The number of aliphatic hydroxyl groups excluding tert-OH is 1.